The molecule has 1 aliphatic heterocycles. The molecule has 1 aromatic rings. The van der Waals surface area contributed by atoms with Gasteiger partial charge in [-0.1, -0.05) is 53.5 Å². The van der Waals surface area contributed by atoms with Crippen molar-refractivity contribution < 1.29 is 4.74 Å². The minimum Gasteiger partial charge on any atom is -0.378 e. The Kier molecular flexibility index (Phi) is 4.63. The first-order valence-electron chi connectivity index (χ1n) is 6.55. The molecule has 94 valence electrons. The summed E-state index contributed by atoms with van der Waals surface area (Å²) in [7, 11) is 0. The number of ether oxygens (including phenoxy) is 1. The molecule has 0 amide bonds. The van der Waals surface area contributed by atoms with Crippen LogP contribution in [0.25, 0.3) is 0 Å². The largest absolute Gasteiger partial charge is 0.378 e. The SMILES string of the molecule is CCCc1ccc(C(Br)C2COC(C)C2)cc1. The van der Waals surface area contributed by atoms with E-state index in [4.69, 9.17) is 4.74 Å². The summed E-state index contributed by atoms with van der Waals surface area (Å²) in [5.41, 5.74) is 2.82. The summed E-state index contributed by atoms with van der Waals surface area (Å²) in [5.74, 6) is 0.613. The molecule has 0 spiro atoms. The standard InChI is InChI=1S/C15H21BrO/c1-3-4-12-5-7-13(8-6-12)15(16)14-9-11(2)17-10-14/h5-8,11,14-15H,3-4,9-10H2,1-2H3. The Morgan fingerprint density at radius 3 is 2.59 bits per heavy atom. The molecule has 1 fully saturated rings. The van der Waals surface area contributed by atoms with Crippen LogP contribution in [0.1, 0.15) is 42.6 Å². The van der Waals surface area contributed by atoms with Crippen LogP contribution in [0, 0.1) is 5.92 Å². The first kappa shape index (κ1) is 13.1. The third-order valence-electron chi connectivity index (χ3n) is 3.48. The Labute approximate surface area is 113 Å². The number of rotatable bonds is 4. The molecular weight excluding hydrogens is 276 g/mol. The highest BCUT2D eigenvalue weighted by atomic mass is 79.9. The van der Waals surface area contributed by atoms with Gasteiger partial charge in [-0.05, 0) is 30.9 Å². The molecule has 3 unspecified atom stereocenters. The van der Waals surface area contributed by atoms with Gasteiger partial charge in [-0.2, -0.15) is 0 Å². The summed E-state index contributed by atoms with van der Waals surface area (Å²) in [6.45, 7) is 5.26. The molecular formula is C15H21BrO. The molecule has 0 N–H and O–H groups in total. The van der Waals surface area contributed by atoms with Crippen LogP contribution in [-0.2, 0) is 11.2 Å². The van der Waals surface area contributed by atoms with E-state index in [1.165, 1.54) is 24.0 Å². The van der Waals surface area contributed by atoms with E-state index < -0.39 is 0 Å². The van der Waals surface area contributed by atoms with Crippen molar-refractivity contribution in [3.05, 3.63) is 35.4 Å². The Morgan fingerprint density at radius 1 is 1.35 bits per heavy atom. The summed E-state index contributed by atoms with van der Waals surface area (Å²) in [6, 6.07) is 9.03. The number of alkyl halides is 1. The van der Waals surface area contributed by atoms with E-state index >= 15 is 0 Å². The van der Waals surface area contributed by atoms with Gasteiger partial charge in [0.25, 0.3) is 0 Å². The van der Waals surface area contributed by atoms with Gasteiger partial charge in [-0.3, -0.25) is 0 Å². The molecule has 1 nitrogen and oxygen atoms in total. The van der Waals surface area contributed by atoms with Crippen LogP contribution < -0.4 is 0 Å². The van der Waals surface area contributed by atoms with Crippen LogP contribution in [0.2, 0.25) is 0 Å². The minimum absolute atomic E-state index is 0.416. The average Bonchev–Trinajstić information content (AvgIpc) is 2.76. The molecule has 0 bridgehead atoms. The summed E-state index contributed by atoms with van der Waals surface area (Å²) in [5, 5.41) is 0. The van der Waals surface area contributed by atoms with E-state index in [-0.39, 0.29) is 0 Å². The molecule has 0 aliphatic carbocycles. The van der Waals surface area contributed by atoms with E-state index in [1.54, 1.807) is 0 Å². The summed E-state index contributed by atoms with van der Waals surface area (Å²) >= 11 is 3.82. The van der Waals surface area contributed by atoms with Gasteiger partial charge in [0.05, 0.1) is 12.7 Å². The zero-order valence-corrected chi connectivity index (χ0v) is 12.2. The highest BCUT2D eigenvalue weighted by Crippen LogP contribution is 2.37. The molecule has 3 atom stereocenters. The van der Waals surface area contributed by atoms with Crippen molar-refractivity contribution in [1.29, 1.82) is 0 Å². The lowest BCUT2D eigenvalue weighted by Gasteiger charge is -2.16. The Bertz CT molecular complexity index is 346. The fourth-order valence-electron chi connectivity index (χ4n) is 2.48. The molecule has 17 heavy (non-hydrogen) atoms. The Hall–Kier alpha value is -0.340. The van der Waals surface area contributed by atoms with Crippen LogP contribution in [-0.4, -0.2) is 12.7 Å². The third-order valence-corrected chi connectivity index (χ3v) is 4.76. The highest BCUT2D eigenvalue weighted by Gasteiger charge is 2.28. The zero-order chi connectivity index (χ0) is 12.3. The van der Waals surface area contributed by atoms with Gasteiger partial charge in [-0.15, -0.1) is 0 Å². The second kappa shape index (κ2) is 6.01. The van der Waals surface area contributed by atoms with Crippen LogP contribution >= 0.6 is 15.9 Å². The van der Waals surface area contributed by atoms with Gasteiger partial charge in [0, 0.05) is 10.7 Å². The molecule has 1 aliphatic rings. The molecule has 0 radical (unpaired) electrons. The zero-order valence-electron chi connectivity index (χ0n) is 10.7. The van der Waals surface area contributed by atoms with E-state index in [0.29, 0.717) is 16.8 Å². The Balaban J connectivity index is 2.01. The summed E-state index contributed by atoms with van der Waals surface area (Å²) < 4.78 is 5.64. The van der Waals surface area contributed by atoms with Gasteiger partial charge in [-0.25, -0.2) is 0 Å². The fourth-order valence-corrected chi connectivity index (χ4v) is 3.16. The van der Waals surface area contributed by atoms with E-state index in [0.717, 1.165) is 13.0 Å². The highest BCUT2D eigenvalue weighted by molar-refractivity contribution is 9.09. The fraction of sp³-hybridized carbons (Fsp3) is 0.600. The number of aryl methyl sites for hydroxylation is 1. The first-order valence-corrected chi connectivity index (χ1v) is 7.46. The van der Waals surface area contributed by atoms with E-state index in [9.17, 15) is 0 Å². The van der Waals surface area contributed by atoms with Crippen molar-refractivity contribution >= 4 is 15.9 Å². The molecule has 0 saturated carbocycles. The quantitative estimate of drug-likeness (QED) is 0.743. The normalized spacial score (nSPS) is 26.1. The van der Waals surface area contributed by atoms with Gasteiger partial charge < -0.3 is 4.74 Å². The van der Waals surface area contributed by atoms with Crippen molar-refractivity contribution in [2.45, 2.75) is 44.0 Å². The second-order valence-corrected chi connectivity index (χ2v) is 6.02. The minimum atomic E-state index is 0.416. The lowest BCUT2D eigenvalue weighted by Crippen LogP contribution is -2.07. The lowest BCUT2D eigenvalue weighted by molar-refractivity contribution is 0.120. The van der Waals surface area contributed by atoms with Crippen molar-refractivity contribution in [2.75, 3.05) is 6.61 Å². The van der Waals surface area contributed by atoms with Crippen molar-refractivity contribution in [1.82, 2.24) is 0 Å². The van der Waals surface area contributed by atoms with Gasteiger partial charge in [0.1, 0.15) is 0 Å². The molecule has 1 saturated heterocycles. The second-order valence-electron chi connectivity index (χ2n) is 5.03. The van der Waals surface area contributed by atoms with Gasteiger partial charge in [0.15, 0.2) is 0 Å². The van der Waals surface area contributed by atoms with Crippen molar-refractivity contribution in [3.63, 3.8) is 0 Å². The maximum Gasteiger partial charge on any atom is 0.0551 e. The van der Waals surface area contributed by atoms with Gasteiger partial charge >= 0.3 is 0 Å². The van der Waals surface area contributed by atoms with Crippen LogP contribution in [0.15, 0.2) is 24.3 Å². The predicted molar refractivity (Wildman–Crippen MR) is 75.6 cm³/mol. The topological polar surface area (TPSA) is 9.23 Å². The maximum absolute atomic E-state index is 5.64. The van der Waals surface area contributed by atoms with Crippen LogP contribution in [0.3, 0.4) is 0 Å². The molecule has 2 rings (SSSR count). The molecule has 0 aromatic heterocycles. The maximum atomic E-state index is 5.64. The molecule has 1 aromatic carbocycles. The number of hydrogen-bond donors (Lipinski definition) is 0. The average molecular weight is 297 g/mol. The van der Waals surface area contributed by atoms with Gasteiger partial charge in [0.2, 0.25) is 0 Å². The smallest absolute Gasteiger partial charge is 0.0551 e. The number of halogens is 1. The van der Waals surface area contributed by atoms with E-state index in [1.807, 2.05) is 0 Å². The molecule has 1 heterocycles. The van der Waals surface area contributed by atoms with Crippen LogP contribution in [0.5, 0.6) is 0 Å². The summed E-state index contributed by atoms with van der Waals surface area (Å²) in [4.78, 5) is 0.433. The molecule has 2 heteroatoms. The Morgan fingerprint density at radius 2 is 2.06 bits per heavy atom. The van der Waals surface area contributed by atoms with Crippen molar-refractivity contribution in [3.8, 4) is 0 Å². The number of benzene rings is 1. The van der Waals surface area contributed by atoms with Crippen molar-refractivity contribution in [2.24, 2.45) is 5.92 Å². The van der Waals surface area contributed by atoms with E-state index in [2.05, 4.69) is 54.0 Å². The lowest BCUT2D eigenvalue weighted by atomic mass is 9.96. The summed E-state index contributed by atoms with van der Waals surface area (Å²) in [6.07, 6.45) is 3.97. The first-order chi connectivity index (χ1) is 8.20. The number of hydrogen-bond acceptors (Lipinski definition) is 1. The third kappa shape index (κ3) is 3.32. The predicted octanol–water partition coefficient (Wildman–Crippen LogP) is 4.50. The van der Waals surface area contributed by atoms with Crippen LogP contribution in [0.4, 0.5) is 0 Å². The monoisotopic (exact) mass is 296 g/mol.